The fraction of sp³-hybridized carbons (Fsp3) is 0.571. The fourth-order valence-electron chi connectivity index (χ4n) is 5.14. The number of nitrogens with one attached hydrogen (secondary N) is 2. The number of likely N-dealkylation sites (tertiary alicyclic amines) is 2. The van der Waals surface area contributed by atoms with Crippen molar-refractivity contribution in [3.05, 3.63) is 46.7 Å². The molecule has 3 saturated heterocycles. The van der Waals surface area contributed by atoms with E-state index >= 15 is 0 Å². The van der Waals surface area contributed by atoms with Crippen LogP contribution in [0.4, 0.5) is 4.39 Å². The van der Waals surface area contributed by atoms with E-state index in [9.17, 15) is 9.18 Å². The van der Waals surface area contributed by atoms with Crippen LogP contribution in [0.2, 0.25) is 0 Å². The van der Waals surface area contributed by atoms with E-state index in [0.29, 0.717) is 24.1 Å². The van der Waals surface area contributed by atoms with Crippen LogP contribution in [0.25, 0.3) is 0 Å². The standard InChI is InChI=1S/C21H27FN6OS/c22-17-6-2-1-5-15(17)21-16-11-27(9-7-18(16)23-25-21)12-20(29)28-8-3-4-14(10-28)19-13-30-26-24-19/h1-2,5-6,13-14,16,18,21,23,25H,3-4,7-12H2. The van der Waals surface area contributed by atoms with Gasteiger partial charge in [0.2, 0.25) is 5.91 Å². The smallest absolute Gasteiger partial charge is 0.236 e. The second-order valence-corrected chi connectivity index (χ2v) is 9.20. The molecule has 4 unspecified atom stereocenters. The number of nitrogens with zero attached hydrogens (tertiary/aromatic N) is 4. The highest BCUT2D eigenvalue weighted by Gasteiger charge is 2.41. The van der Waals surface area contributed by atoms with Gasteiger partial charge in [0.1, 0.15) is 5.82 Å². The lowest BCUT2D eigenvalue weighted by Gasteiger charge is -2.38. The van der Waals surface area contributed by atoms with Gasteiger partial charge in [-0.05, 0) is 36.9 Å². The van der Waals surface area contributed by atoms with E-state index < -0.39 is 0 Å². The van der Waals surface area contributed by atoms with Crippen molar-refractivity contribution in [1.29, 1.82) is 0 Å². The Morgan fingerprint density at radius 3 is 2.93 bits per heavy atom. The van der Waals surface area contributed by atoms with Crippen molar-refractivity contribution in [1.82, 2.24) is 30.2 Å². The lowest BCUT2D eigenvalue weighted by atomic mass is 9.85. The number of benzene rings is 1. The van der Waals surface area contributed by atoms with Crippen molar-refractivity contribution >= 4 is 17.4 Å². The molecule has 30 heavy (non-hydrogen) atoms. The Bertz CT molecular complexity index is 880. The second kappa shape index (κ2) is 8.66. The van der Waals surface area contributed by atoms with Gasteiger partial charge < -0.3 is 4.90 Å². The molecular formula is C21H27FN6OS. The van der Waals surface area contributed by atoms with Crippen LogP contribution in [0.1, 0.15) is 42.5 Å². The van der Waals surface area contributed by atoms with Gasteiger partial charge in [-0.15, -0.1) is 5.10 Å². The summed E-state index contributed by atoms with van der Waals surface area (Å²) in [7, 11) is 0. The molecule has 0 aliphatic carbocycles. The zero-order valence-electron chi connectivity index (χ0n) is 16.8. The fourth-order valence-corrected chi connectivity index (χ4v) is 5.67. The second-order valence-electron chi connectivity index (χ2n) is 8.59. The van der Waals surface area contributed by atoms with Crippen molar-refractivity contribution < 1.29 is 9.18 Å². The van der Waals surface area contributed by atoms with Gasteiger partial charge in [-0.1, -0.05) is 22.7 Å². The summed E-state index contributed by atoms with van der Waals surface area (Å²) in [6.45, 7) is 3.62. The average molecular weight is 431 g/mol. The average Bonchev–Trinajstić information content (AvgIpc) is 3.44. The summed E-state index contributed by atoms with van der Waals surface area (Å²) < 4.78 is 18.3. The van der Waals surface area contributed by atoms with Gasteiger partial charge in [0, 0.05) is 55.0 Å². The van der Waals surface area contributed by atoms with Gasteiger partial charge in [-0.25, -0.2) is 9.82 Å². The van der Waals surface area contributed by atoms with E-state index in [-0.39, 0.29) is 23.7 Å². The molecule has 4 atom stereocenters. The van der Waals surface area contributed by atoms with Gasteiger partial charge in [-0.2, -0.15) is 0 Å². The number of hydrazine groups is 1. The first-order valence-corrected chi connectivity index (χ1v) is 11.6. The van der Waals surface area contributed by atoms with E-state index in [0.717, 1.165) is 51.1 Å². The number of rotatable bonds is 4. The van der Waals surface area contributed by atoms with Gasteiger partial charge >= 0.3 is 0 Å². The third-order valence-electron chi connectivity index (χ3n) is 6.76. The summed E-state index contributed by atoms with van der Waals surface area (Å²) in [5.41, 5.74) is 8.34. The topological polar surface area (TPSA) is 73.4 Å². The predicted octanol–water partition coefficient (Wildman–Crippen LogP) is 1.92. The van der Waals surface area contributed by atoms with Crippen LogP contribution >= 0.6 is 11.5 Å². The summed E-state index contributed by atoms with van der Waals surface area (Å²) in [6, 6.07) is 7.19. The largest absolute Gasteiger partial charge is 0.341 e. The maximum Gasteiger partial charge on any atom is 0.236 e. The monoisotopic (exact) mass is 430 g/mol. The molecule has 7 nitrogen and oxygen atoms in total. The molecule has 9 heteroatoms. The van der Waals surface area contributed by atoms with Crippen molar-refractivity contribution in [3.8, 4) is 0 Å². The molecule has 1 aromatic heterocycles. The number of carbonyl (C=O) groups excluding carboxylic acids is 1. The number of halogens is 1. The van der Waals surface area contributed by atoms with Crippen LogP contribution in [0, 0.1) is 11.7 Å². The first-order chi connectivity index (χ1) is 14.7. The maximum atomic E-state index is 14.4. The highest BCUT2D eigenvalue weighted by molar-refractivity contribution is 7.03. The SMILES string of the molecule is O=C(CN1CCC2NNC(c3ccccc3F)C2C1)N1CCCC(c2csnn2)C1. The minimum absolute atomic E-state index is 0.0781. The number of amides is 1. The van der Waals surface area contributed by atoms with E-state index in [1.165, 1.54) is 17.6 Å². The van der Waals surface area contributed by atoms with Crippen molar-refractivity contribution in [2.45, 2.75) is 37.3 Å². The molecule has 4 heterocycles. The molecule has 0 saturated carbocycles. The molecule has 3 aliphatic rings. The van der Waals surface area contributed by atoms with Crippen LogP contribution < -0.4 is 10.9 Å². The highest BCUT2D eigenvalue weighted by Crippen LogP contribution is 2.35. The third kappa shape index (κ3) is 3.99. The normalized spacial score (nSPS) is 29.7. The summed E-state index contributed by atoms with van der Waals surface area (Å²) in [5, 5.41) is 6.20. The number of hydrogen-bond acceptors (Lipinski definition) is 7. The van der Waals surface area contributed by atoms with Gasteiger partial charge in [-0.3, -0.25) is 15.1 Å². The van der Waals surface area contributed by atoms with Gasteiger partial charge in [0.15, 0.2) is 0 Å². The molecule has 3 fully saturated rings. The lowest BCUT2D eigenvalue weighted by Crippen LogP contribution is -2.50. The molecule has 2 aromatic rings. The van der Waals surface area contributed by atoms with E-state index in [1.807, 2.05) is 22.4 Å². The number of hydrogen-bond donors (Lipinski definition) is 2. The van der Waals surface area contributed by atoms with Crippen LogP contribution in [0.15, 0.2) is 29.6 Å². The summed E-state index contributed by atoms with van der Waals surface area (Å²) in [6.07, 6.45) is 3.01. The Morgan fingerprint density at radius 2 is 2.10 bits per heavy atom. The molecule has 160 valence electrons. The molecule has 0 spiro atoms. The number of piperidine rings is 2. The number of fused-ring (bicyclic) bond motifs is 1. The Balaban J connectivity index is 1.22. The zero-order valence-corrected chi connectivity index (χ0v) is 17.7. The quantitative estimate of drug-likeness (QED) is 0.772. The first kappa shape index (κ1) is 20.0. The minimum atomic E-state index is -0.179. The van der Waals surface area contributed by atoms with Gasteiger partial charge in [0.25, 0.3) is 0 Å². The Labute approximate surface area is 179 Å². The van der Waals surface area contributed by atoms with Gasteiger partial charge in [0.05, 0.1) is 18.3 Å². The minimum Gasteiger partial charge on any atom is -0.341 e. The highest BCUT2D eigenvalue weighted by atomic mass is 32.1. The van der Waals surface area contributed by atoms with Crippen LogP contribution in [-0.2, 0) is 4.79 Å². The lowest BCUT2D eigenvalue weighted by molar-refractivity contribution is -0.134. The molecule has 5 rings (SSSR count). The number of aromatic nitrogens is 2. The van der Waals surface area contributed by atoms with Crippen LogP contribution in [0.3, 0.4) is 0 Å². The van der Waals surface area contributed by atoms with E-state index in [1.54, 1.807) is 6.07 Å². The molecule has 0 bridgehead atoms. The van der Waals surface area contributed by atoms with Crippen molar-refractivity contribution in [2.24, 2.45) is 5.92 Å². The third-order valence-corrected chi connectivity index (χ3v) is 7.29. The maximum absolute atomic E-state index is 14.4. The molecule has 3 aliphatic heterocycles. The molecule has 2 N–H and O–H groups in total. The Kier molecular flexibility index (Phi) is 5.77. The molecule has 0 radical (unpaired) electrons. The Morgan fingerprint density at radius 1 is 1.20 bits per heavy atom. The summed E-state index contributed by atoms with van der Waals surface area (Å²) in [5.74, 6) is 0.531. The zero-order chi connectivity index (χ0) is 20.5. The van der Waals surface area contributed by atoms with Crippen LogP contribution in [0.5, 0.6) is 0 Å². The molecular weight excluding hydrogens is 403 g/mol. The Hall–Kier alpha value is -1.94. The van der Waals surface area contributed by atoms with E-state index in [2.05, 4.69) is 25.3 Å². The first-order valence-electron chi connectivity index (χ1n) is 10.7. The van der Waals surface area contributed by atoms with Crippen LogP contribution in [-0.4, -0.2) is 64.1 Å². The predicted molar refractivity (Wildman–Crippen MR) is 112 cm³/mol. The molecule has 1 aromatic carbocycles. The number of carbonyl (C=O) groups is 1. The molecule has 1 amide bonds. The summed E-state index contributed by atoms with van der Waals surface area (Å²) in [4.78, 5) is 17.3. The van der Waals surface area contributed by atoms with E-state index in [4.69, 9.17) is 0 Å². The van der Waals surface area contributed by atoms with Crippen molar-refractivity contribution in [2.75, 3.05) is 32.7 Å². The summed E-state index contributed by atoms with van der Waals surface area (Å²) >= 11 is 1.37. The van der Waals surface area contributed by atoms with Crippen molar-refractivity contribution in [3.63, 3.8) is 0 Å².